The molecule has 2 aromatic carbocycles. The van der Waals surface area contributed by atoms with Gasteiger partial charge >= 0.3 is 0 Å². The zero-order chi connectivity index (χ0) is 18.5. The van der Waals surface area contributed by atoms with E-state index in [1.165, 1.54) is 0 Å². The zero-order valence-electron chi connectivity index (χ0n) is 14.7. The maximum Gasteiger partial charge on any atom is 0.287 e. The van der Waals surface area contributed by atoms with Crippen LogP contribution in [0.4, 0.5) is 0 Å². The topological polar surface area (TPSA) is 60.1 Å². The van der Waals surface area contributed by atoms with Crippen LogP contribution in [0.2, 0.25) is 0 Å². The van der Waals surface area contributed by atoms with Gasteiger partial charge in [0.25, 0.3) is 5.91 Å². The molecule has 1 amide bonds. The van der Waals surface area contributed by atoms with Gasteiger partial charge in [-0.2, -0.15) is 5.10 Å². The van der Waals surface area contributed by atoms with Gasteiger partial charge in [-0.25, -0.2) is 4.68 Å². The normalized spacial score (nSPS) is 10.7. The molecular formula is C22H19N3O2. The average molecular weight is 357 g/mol. The lowest BCUT2D eigenvalue weighted by atomic mass is 10.1. The lowest BCUT2D eigenvalue weighted by molar-refractivity contribution is 0.0927. The first kappa shape index (κ1) is 16.8. The van der Waals surface area contributed by atoms with Crippen molar-refractivity contribution in [2.24, 2.45) is 0 Å². The molecule has 5 nitrogen and oxygen atoms in total. The van der Waals surface area contributed by atoms with Gasteiger partial charge in [-0.15, -0.1) is 0 Å². The SMILES string of the molecule is O=C(NCCc1ccc(-n2cccn2)cc1)c1occc1-c1ccccc1. The number of rotatable bonds is 6. The molecule has 2 aromatic heterocycles. The second-order valence-corrected chi connectivity index (χ2v) is 6.15. The van der Waals surface area contributed by atoms with Crippen molar-refractivity contribution in [2.75, 3.05) is 6.54 Å². The molecule has 2 heterocycles. The predicted molar refractivity (Wildman–Crippen MR) is 104 cm³/mol. The Balaban J connectivity index is 1.36. The van der Waals surface area contributed by atoms with E-state index in [1.807, 2.05) is 77.6 Å². The molecule has 27 heavy (non-hydrogen) atoms. The number of amides is 1. The standard InChI is InChI=1S/C22H19N3O2/c26-22(21-20(12-16-27-21)18-5-2-1-3-6-18)23-14-11-17-7-9-19(10-8-17)25-15-4-13-24-25/h1-10,12-13,15-16H,11,14H2,(H,23,26). The molecule has 1 N–H and O–H groups in total. The van der Waals surface area contributed by atoms with Gasteiger partial charge in [-0.1, -0.05) is 42.5 Å². The van der Waals surface area contributed by atoms with Crippen molar-refractivity contribution in [2.45, 2.75) is 6.42 Å². The van der Waals surface area contributed by atoms with Crippen molar-refractivity contribution in [1.82, 2.24) is 15.1 Å². The quantitative estimate of drug-likeness (QED) is 0.565. The summed E-state index contributed by atoms with van der Waals surface area (Å²) in [5, 5.41) is 7.15. The lowest BCUT2D eigenvalue weighted by Crippen LogP contribution is -2.25. The van der Waals surface area contributed by atoms with Crippen LogP contribution >= 0.6 is 0 Å². The fraction of sp³-hybridized carbons (Fsp3) is 0.0909. The predicted octanol–water partition coefficient (Wildman–Crippen LogP) is 4.10. The zero-order valence-corrected chi connectivity index (χ0v) is 14.7. The van der Waals surface area contributed by atoms with Gasteiger partial charge < -0.3 is 9.73 Å². The van der Waals surface area contributed by atoms with Crippen LogP contribution in [0.5, 0.6) is 0 Å². The van der Waals surface area contributed by atoms with Gasteiger partial charge in [0.2, 0.25) is 0 Å². The van der Waals surface area contributed by atoms with Crippen LogP contribution < -0.4 is 5.32 Å². The third kappa shape index (κ3) is 3.82. The summed E-state index contributed by atoms with van der Waals surface area (Å²) >= 11 is 0. The van der Waals surface area contributed by atoms with Gasteiger partial charge in [0, 0.05) is 24.5 Å². The van der Waals surface area contributed by atoms with Crippen molar-refractivity contribution in [3.63, 3.8) is 0 Å². The van der Waals surface area contributed by atoms with Crippen molar-refractivity contribution in [1.29, 1.82) is 0 Å². The number of furan rings is 1. The number of hydrogen-bond donors (Lipinski definition) is 1. The molecule has 4 rings (SSSR count). The molecule has 4 aromatic rings. The maximum absolute atomic E-state index is 12.5. The molecule has 0 atom stereocenters. The molecule has 0 aliphatic carbocycles. The monoisotopic (exact) mass is 357 g/mol. The number of nitrogens with one attached hydrogen (secondary N) is 1. The maximum atomic E-state index is 12.5. The second kappa shape index (κ2) is 7.74. The van der Waals surface area contributed by atoms with Crippen molar-refractivity contribution in [3.8, 4) is 16.8 Å². The third-order valence-electron chi connectivity index (χ3n) is 4.36. The van der Waals surface area contributed by atoms with Crippen LogP contribution in [0.25, 0.3) is 16.8 Å². The Morgan fingerprint density at radius 1 is 1.00 bits per heavy atom. The molecule has 0 saturated carbocycles. The molecule has 0 unspecified atom stereocenters. The largest absolute Gasteiger partial charge is 0.459 e. The van der Waals surface area contributed by atoms with Gasteiger partial charge in [-0.05, 0) is 41.8 Å². The lowest BCUT2D eigenvalue weighted by Gasteiger charge is -2.07. The van der Waals surface area contributed by atoms with Crippen LogP contribution in [-0.2, 0) is 6.42 Å². The summed E-state index contributed by atoms with van der Waals surface area (Å²) in [5.41, 5.74) is 3.92. The molecule has 5 heteroatoms. The van der Waals surface area contributed by atoms with Gasteiger partial charge in [0.05, 0.1) is 12.0 Å². The molecule has 0 radical (unpaired) electrons. The van der Waals surface area contributed by atoms with E-state index in [4.69, 9.17) is 4.42 Å². The Labute approximate surface area is 157 Å². The number of carbonyl (C=O) groups is 1. The molecule has 0 aliphatic rings. The number of nitrogens with zero attached hydrogens (tertiary/aromatic N) is 2. The van der Waals surface area contributed by atoms with E-state index in [0.29, 0.717) is 12.3 Å². The summed E-state index contributed by atoms with van der Waals surface area (Å²) in [5.74, 6) is 0.141. The molecule has 0 aliphatic heterocycles. The molecular weight excluding hydrogens is 338 g/mol. The van der Waals surface area contributed by atoms with E-state index in [1.54, 1.807) is 12.5 Å². The Morgan fingerprint density at radius 2 is 1.81 bits per heavy atom. The summed E-state index contributed by atoms with van der Waals surface area (Å²) in [6.07, 6.45) is 5.95. The fourth-order valence-corrected chi connectivity index (χ4v) is 2.97. The Hall–Kier alpha value is -3.60. The number of hydrogen-bond acceptors (Lipinski definition) is 3. The van der Waals surface area contributed by atoms with E-state index >= 15 is 0 Å². The Bertz CT molecular complexity index is 1000. The van der Waals surface area contributed by atoms with E-state index in [0.717, 1.165) is 28.8 Å². The molecule has 134 valence electrons. The van der Waals surface area contributed by atoms with Gasteiger partial charge in [-0.3, -0.25) is 4.79 Å². The van der Waals surface area contributed by atoms with Crippen molar-refractivity contribution < 1.29 is 9.21 Å². The number of benzene rings is 2. The van der Waals surface area contributed by atoms with E-state index < -0.39 is 0 Å². The average Bonchev–Trinajstić information content (AvgIpc) is 3.41. The summed E-state index contributed by atoms with van der Waals surface area (Å²) in [6.45, 7) is 0.537. The third-order valence-corrected chi connectivity index (χ3v) is 4.36. The first-order chi connectivity index (χ1) is 13.3. The summed E-state index contributed by atoms with van der Waals surface area (Å²) in [4.78, 5) is 12.5. The highest BCUT2D eigenvalue weighted by Crippen LogP contribution is 2.24. The number of carbonyl (C=O) groups excluding carboxylic acids is 1. The van der Waals surface area contributed by atoms with Gasteiger partial charge in [0.1, 0.15) is 0 Å². The van der Waals surface area contributed by atoms with Crippen LogP contribution in [0.3, 0.4) is 0 Å². The van der Waals surface area contributed by atoms with E-state index in [2.05, 4.69) is 10.4 Å². The molecule has 0 spiro atoms. The highest BCUT2D eigenvalue weighted by atomic mass is 16.3. The van der Waals surface area contributed by atoms with Crippen molar-refractivity contribution in [3.05, 3.63) is 96.7 Å². The van der Waals surface area contributed by atoms with Crippen LogP contribution in [0.15, 0.2) is 89.8 Å². The van der Waals surface area contributed by atoms with Gasteiger partial charge in [0.15, 0.2) is 5.76 Å². The van der Waals surface area contributed by atoms with E-state index in [9.17, 15) is 4.79 Å². The van der Waals surface area contributed by atoms with Crippen molar-refractivity contribution >= 4 is 5.91 Å². The van der Waals surface area contributed by atoms with Crippen LogP contribution in [0.1, 0.15) is 16.1 Å². The minimum absolute atomic E-state index is 0.202. The first-order valence-electron chi connectivity index (χ1n) is 8.81. The van der Waals surface area contributed by atoms with Crippen LogP contribution in [0, 0.1) is 0 Å². The van der Waals surface area contributed by atoms with E-state index in [-0.39, 0.29) is 5.91 Å². The van der Waals surface area contributed by atoms with Crippen LogP contribution in [-0.4, -0.2) is 22.2 Å². The summed E-state index contributed by atoms with van der Waals surface area (Å²) < 4.78 is 7.23. The molecule has 0 bridgehead atoms. The molecule has 0 saturated heterocycles. The second-order valence-electron chi connectivity index (χ2n) is 6.15. The summed E-state index contributed by atoms with van der Waals surface area (Å²) in [7, 11) is 0. The Morgan fingerprint density at radius 3 is 2.56 bits per heavy atom. The highest BCUT2D eigenvalue weighted by molar-refractivity contribution is 5.98. The minimum Gasteiger partial charge on any atom is -0.459 e. The highest BCUT2D eigenvalue weighted by Gasteiger charge is 2.16. The smallest absolute Gasteiger partial charge is 0.287 e. The molecule has 0 fully saturated rings. The Kier molecular flexibility index (Phi) is 4.83. The summed E-state index contributed by atoms with van der Waals surface area (Å²) in [6, 6.07) is 21.6. The fourth-order valence-electron chi connectivity index (χ4n) is 2.97. The number of aromatic nitrogens is 2. The minimum atomic E-state index is -0.202. The first-order valence-corrected chi connectivity index (χ1v) is 8.81.